The maximum Gasteiger partial charge on any atom is 0.229 e. The smallest absolute Gasteiger partial charge is 0.229 e. The summed E-state index contributed by atoms with van der Waals surface area (Å²) in [6.45, 7) is 8.07. The van der Waals surface area contributed by atoms with Crippen molar-refractivity contribution in [1.29, 1.82) is 0 Å². The summed E-state index contributed by atoms with van der Waals surface area (Å²) in [5, 5.41) is 2.77. The van der Waals surface area contributed by atoms with Crippen LogP contribution in [0.2, 0.25) is 0 Å². The van der Waals surface area contributed by atoms with E-state index in [0.29, 0.717) is 11.1 Å². The van der Waals surface area contributed by atoms with E-state index in [-0.39, 0.29) is 22.6 Å². The van der Waals surface area contributed by atoms with Gasteiger partial charge in [-0.3, -0.25) is 4.72 Å². The number of benzene rings is 2. The Morgan fingerprint density at radius 1 is 1.10 bits per heavy atom. The first-order valence-electron chi connectivity index (χ1n) is 9.29. The highest BCUT2D eigenvalue weighted by Crippen LogP contribution is 2.26. The summed E-state index contributed by atoms with van der Waals surface area (Å²) < 4.78 is 53.4. The van der Waals surface area contributed by atoms with Crippen molar-refractivity contribution in [3.05, 3.63) is 70.8 Å². The Kier molecular flexibility index (Phi) is 7.36. The topological polar surface area (TPSA) is 58.2 Å². The van der Waals surface area contributed by atoms with Gasteiger partial charge in [0.25, 0.3) is 0 Å². The molecule has 0 radical (unpaired) electrons. The monoisotopic (exact) mass is 452 g/mol. The first-order chi connectivity index (χ1) is 13.8. The van der Waals surface area contributed by atoms with Crippen LogP contribution in [-0.2, 0) is 22.0 Å². The molecule has 162 valence electrons. The third-order valence-corrected chi connectivity index (χ3v) is 5.41. The predicted molar refractivity (Wildman–Crippen MR) is 123 cm³/mol. The summed E-state index contributed by atoms with van der Waals surface area (Å²) in [7, 11) is -3.58. The van der Waals surface area contributed by atoms with E-state index in [0.717, 1.165) is 17.4 Å². The van der Waals surface area contributed by atoms with Crippen LogP contribution >= 0.6 is 12.2 Å². The van der Waals surface area contributed by atoms with E-state index >= 15 is 0 Å². The fraction of sp³-hybridized carbons (Fsp3) is 0.318. The molecule has 0 aliphatic rings. The second-order valence-electron chi connectivity index (χ2n) is 8.14. The zero-order chi connectivity index (χ0) is 22.7. The summed E-state index contributed by atoms with van der Waals surface area (Å²) >= 11 is 5.14. The van der Waals surface area contributed by atoms with Crippen LogP contribution in [0, 0.1) is 5.82 Å². The van der Waals surface area contributed by atoms with E-state index in [1.807, 2.05) is 24.3 Å². The number of halogens is 2. The number of allylic oxidation sites excluding steroid dienone is 1. The molecule has 0 amide bonds. The van der Waals surface area contributed by atoms with Gasteiger partial charge in [0.15, 0.2) is 5.83 Å². The molecule has 0 aliphatic carbocycles. The Hall–Kier alpha value is -2.32. The van der Waals surface area contributed by atoms with Crippen LogP contribution in [0.15, 0.2) is 48.3 Å². The van der Waals surface area contributed by atoms with Crippen LogP contribution in [-0.4, -0.2) is 19.7 Å². The molecule has 0 fully saturated rings. The van der Waals surface area contributed by atoms with Crippen molar-refractivity contribution >= 4 is 38.5 Å². The molecular formula is C22H26F2N2O2S2. The van der Waals surface area contributed by atoms with Gasteiger partial charge in [-0.2, -0.15) is 0 Å². The van der Waals surface area contributed by atoms with E-state index < -0.39 is 21.7 Å². The molecule has 30 heavy (non-hydrogen) atoms. The zero-order valence-corrected chi connectivity index (χ0v) is 19.3. The number of hydrogen-bond acceptors (Lipinski definition) is 3. The highest BCUT2D eigenvalue weighted by atomic mass is 32.2. The lowest BCUT2D eigenvalue weighted by atomic mass is 9.86. The molecule has 4 nitrogen and oxygen atoms in total. The molecule has 0 aliphatic heterocycles. The minimum absolute atomic E-state index is 0.00715. The van der Waals surface area contributed by atoms with Crippen molar-refractivity contribution in [2.45, 2.75) is 39.7 Å². The van der Waals surface area contributed by atoms with Gasteiger partial charge in [-0.15, -0.1) is 0 Å². The minimum Gasteiger partial charge on any atom is -0.370 e. The van der Waals surface area contributed by atoms with Gasteiger partial charge in [-0.1, -0.05) is 63.3 Å². The number of thiocarbonyl (C=S) groups is 1. The highest BCUT2D eigenvalue weighted by molar-refractivity contribution is 7.92. The molecule has 0 saturated heterocycles. The number of sulfonamides is 1. The summed E-state index contributed by atoms with van der Waals surface area (Å²) in [6, 6.07) is 11.7. The van der Waals surface area contributed by atoms with Crippen molar-refractivity contribution in [3.63, 3.8) is 0 Å². The molecule has 2 N–H and O–H groups in total. The first kappa shape index (κ1) is 24.0. The van der Waals surface area contributed by atoms with Crippen molar-refractivity contribution in [1.82, 2.24) is 5.32 Å². The molecule has 2 aromatic carbocycles. The molecule has 0 bridgehead atoms. The number of nitrogens with one attached hydrogen (secondary N) is 2. The predicted octanol–water partition coefficient (Wildman–Crippen LogP) is 5.31. The zero-order valence-electron chi connectivity index (χ0n) is 17.6. The van der Waals surface area contributed by atoms with Crippen LogP contribution in [0.4, 0.5) is 14.5 Å². The van der Waals surface area contributed by atoms with E-state index in [1.165, 1.54) is 18.2 Å². The van der Waals surface area contributed by atoms with Gasteiger partial charge in [0.1, 0.15) is 10.8 Å². The Bertz CT molecular complexity index is 1070. The van der Waals surface area contributed by atoms with Gasteiger partial charge in [0, 0.05) is 6.54 Å². The van der Waals surface area contributed by atoms with Gasteiger partial charge in [-0.05, 0) is 46.7 Å². The molecule has 0 heterocycles. The lowest BCUT2D eigenvalue weighted by Gasteiger charge is -2.19. The number of anilines is 1. The Morgan fingerprint density at radius 2 is 1.70 bits per heavy atom. The second kappa shape index (κ2) is 9.22. The van der Waals surface area contributed by atoms with Gasteiger partial charge < -0.3 is 5.32 Å². The molecule has 0 spiro atoms. The summed E-state index contributed by atoms with van der Waals surface area (Å²) in [5.74, 6) is -1.28. The van der Waals surface area contributed by atoms with Crippen LogP contribution in [0.25, 0.3) is 5.57 Å². The molecular weight excluding hydrogens is 426 g/mol. The summed E-state index contributed by atoms with van der Waals surface area (Å²) in [6.07, 6.45) is 0.939. The van der Waals surface area contributed by atoms with Crippen LogP contribution < -0.4 is 10.0 Å². The third kappa shape index (κ3) is 6.60. The molecule has 0 saturated carbocycles. The highest BCUT2D eigenvalue weighted by Gasteiger charge is 2.15. The molecule has 2 rings (SSSR count). The SMILES string of the molecule is CC(=C(F)C(=S)NCc1ccc(NS(C)(=O)=O)c(F)c1)c1ccc(C(C)(C)C)cc1. The largest absolute Gasteiger partial charge is 0.370 e. The fourth-order valence-electron chi connectivity index (χ4n) is 2.73. The van der Waals surface area contributed by atoms with E-state index in [1.54, 1.807) is 6.92 Å². The van der Waals surface area contributed by atoms with Gasteiger partial charge >= 0.3 is 0 Å². The van der Waals surface area contributed by atoms with Crippen LogP contribution in [0.1, 0.15) is 44.4 Å². The van der Waals surface area contributed by atoms with Crippen molar-refractivity contribution < 1.29 is 17.2 Å². The molecule has 8 heteroatoms. The molecule has 0 atom stereocenters. The van der Waals surface area contributed by atoms with Crippen molar-refractivity contribution in [2.75, 3.05) is 11.0 Å². The average Bonchev–Trinajstić information content (AvgIpc) is 2.65. The van der Waals surface area contributed by atoms with E-state index in [2.05, 4.69) is 30.8 Å². The second-order valence-corrected chi connectivity index (χ2v) is 10.3. The summed E-state index contributed by atoms with van der Waals surface area (Å²) in [4.78, 5) is -0.0776. The maximum absolute atomic E-state index is 14.8. The number of rotatable bonds is 6. The quantitative estimate of drug-likeness (QED) is 0.461. The Balaban J connectivity index is 2.09. The average molecular weight is 453 g/mol. The van der Waals surface area contributed by atoms with Crippen LogP contribution in [0.3, 0.4) is 0 Å². The number of hydrogen-bond donors (Lipinski definition) is 2. The van der Waals surface area contributed by atoms with Gasteiger partial charge in [0.2, 0.25) is 10.0 Å². The van der Waals surface area contributed by atoms with E-state index in [4.69, 9.17) is 12.2 Å². The van der Waals surface area contributed by atoms with Gasteiger partial charge in [0.05, 0.1) is 11.9 Å². The van der Waals surface area contributed by atoms with Crippen LogP contribution in [0.5, 0.6) is 0 Å². The minimum atomic E-state index is -3.58. The Morgan fingerprint density at radius 3 is 2.20 bits per heavy atom. The lowest BCUT2D eigenvalue weighted by molar-refractivity contribution is 0.590. The maximum atomic E-state index is 14.8. The summed E-state index contributed by atoms with van der Waals surface area (Å²) in [5.41, 5.74) is 2.64. The first-order valence-corrected chi connectivity index (χ1v) is 11.6. The standard InChI is InChI=1S/C22H26F2N2O2S2/c1-14(16-7-9-17(10-8-16)22(2,3)4)20(24)21(29)25-13-15-6-11-19(18(23)12-15)26-30(5,27)28/h6-12,26H,13H2,1-5H3,(H,25,29). The van der Waals surface area contributed by atoms with E-state index in [9.17, 15) is 17.2 Å². The lowest BCUT2D eigenvalue weighted by Crippen LogP contribution is -2.22. The third-order valence-electron chi connectivity index (χ3n) is 4.49. The molecule has 0 unspecified atom stereocenters. The van der Waals surface area contributed by atoms with Crippen molar-refractivity contribution in [3.8, 4) is 0 Å². The Labute approximate surface area is 182 Å². The van der Waals surface area contributed by atoms with Crippen molar-refractivity contribution in [2.24, 2.45) is 0 Å². The molecule has 0 aromatic heterocycles. The molecule has 2 aromatic rings. The van der Waals surface area contributed by atoms with Gasteiger partial charge in [-0.25, -0.2) is 17.2 Å². The fourth-order valence-corrected chi connectivity index (χ4v) is 3.52. The normalized spacial score (nSPS) is 12.9.